The summed E-state index contributed by atoms with van der Waals surface area (Å²) < 4.78 is 0.951. The van der Waals surface area contributed by atoms with Crippen molar-refractivity contribution in [2.24, 2.45) is 0 Å². The number of hydrogen-bond donors (Lipinski definition) is 3. The molecule has 1 aromatic rings. The average molecular weight is 313 g/mol. The molecule has 0 unspecified atom stereocenters. The highest BCUT2D eigenvalue weighted by molar-refractivity contribution is 9.10. The van der Waals surface area contributed by atoms with Gasteiger partial charge in [-0.2, -0.15) is 0 Å². The van der Waals surface area contributed by atoms with Gasteiger partial charge in [0.25, 0.3) is 0 Å². The highest BCUT2D eigenvalue weighted by atomic mass is 79.9. The van der Waals surface area contributed by atoms with Crippen LogP contribution in [0.1, 0.15) is 5.56 Å². The molecular formula is C12H13BrN2O3. The lowest BCUT2D eigenvalue weighted by Gasteiger charge is -2.06. The Hall–Kier alpha value is -1.82. The number of urea groups is 1. The van der Waals surface area contributed by atoms with Crippen molar-refractivity contribution < 1.29 is 14.7 Å². The minimum absolute atomic E-state index is 0.177. The maximum Gasteiger partial charge on any atom is 0.328 e. The van der Waals surface area contributed by atoms with Gasteiger partial charge >= 0.3 is 12.0 Å². The number of carboxylic acids is 1. The molecule has 5 nitrogen and oxygen atoms in total. The molecule has 2 amide bonds. The average Bonchev–Trinajstić information content (AvgIpc) is 2.32. The second-order valence-corrected chi connectivity index (χ2v) is 4.35. The summed E-state index contributed by atoms with van der Waals surface area (Å²) in [7, 11) is 0. The molecule has 0 radical (unpaired) electrons. The third-order valence-corrected chi connectivity index (χ3v) is 2.48. The quantitative estimate of drug-likeness (QED) is 0.726. The number of benzene rings is 1. The zero-order valence-corrected chi connectivity index (χ0v) is 11.1. The minimum Gasteiger partial charge on any atom is -0.478 e. The molecule has 0 aromatic heterocycles. The van der Waals surface area contributed by atoms with Gasteiger partial charge in [-0.25, -0.2) is 9.59 Å². The molecule has 0 aliphatic carbocycles. The molecule has 0 saturated heterocycles. The van der Waals surface area contributed by atoms with Gasteiger partial charge in [-0.1, -0.05) is 34.1 Å². The molecule has 18 heavy (non-hydrogen) atoms. The monoisotopic (exact) mass is 312 g/mol. The van der Waals surface area contributed by atoms with Crippen molar-refractivity contribution in [3.63, 3.8) is 0 Å². The molecule has 0 aliphatic rings. The van der Waals surface area contributed by atoms with E-state index < -0.39 is 5.97 Å². The van der Waals surface area contributed by atoms with Crippen LogP contribution in [-0.4, -0.2) is 23.7 Å². The molecule has 0 heterocycles. The number of carbonyl (C=O) groups is 2. The van der Waals surface area contributed by atoms with Gasteiger partial charge < -0.3 is 15.7 Å². The Bertz CT molecular complexity index is 460. The zero-order valence-electron chi connectivity index (χ0n) is 9.52. The maximum absolute atomic E-state index is 11.3. The van der Waals surface area contributed by atoms with Crippen LogP contribution in [0.15, 0.2) is 40.9 Å². The Labute approximate surface area is 113 Å². The number of carbonyl (C=O) groups excluding carboxylic acids is 1. The lowest BCUT2D eigenvalue weighted by molar-refractivity contribution is -0.131. The number of aliphatic carboxylic acids is 1. The van der Waals surface area contributed by atoms with Crippen LogP contribution in [0.4, 0.5) is 4.79 Å². The first-order valence-electron chi connectivity index (χ1n) is 5.23. The molecular weight excluding hydrogens is 300 g/mol. The van der Waals surface area contributed by atoms with Crippen molar-refractivity contribution in [1.29, 1.82) is 0 Å². The summed E-state index contributed by atoms with van der Waals surface area (Å²) in [5, 5.41) is 13.5. The summed E-state index contributed by atoms with van der Waals surface area (Å²) >= 11 is 3.34. The Kier molecular flexibility index (Phi) is 5.93. The molecule has 0 spiro atoms. The van der Waals surface area contributed by atoms with Crippen molar-refractivity contribution in [1.82, 2.24) is 10.6 Å². The van der Waals surface area contributed by atoms with E-state index in [-0.39, 0.29) is 12.6 Å². The number of hydrogen-bond acceptors (Lipinski definition) is 2. The Balaban J connectivity index is 2.27. The first kappa shape index (κ1) is 14.2. The van der Waals surface area contributed by atoms with Crippen LogP contribution in [0.5, 0.6) is 0 Å². The third kappa shape index (κ3) is 6.05. The SMILES string of the molecule is O=C(O)/C=C/CNC(=O)NCc1cccc(Br)c1. The summed E-state index contributed by atoms with van der Waals surface area (Å²) in [6, 6.07) is 7.25. The first-order valence-corrected chi connectivity index (χ1v) is 6.03. The van der Waals surface area contributed by atoms with Crippen molar-refractivity contribution in [2.75, 3.05) is 6.54 Å². The largest absolute Gasteiger partial charge is 0.478 e. The van der Waals surface area contributed by atoms with E-state index in [2.05, 4.69) is 26.6 Å². The summed E-state index contributed by atoms with van der Waals surface area (Å²) in [6.07, 6.45) is 2.34. The van der Waals surface area contributed by atoms with Crippen LogP contribution >= 0.6 is 15.9 Å². The van der Waals surface area contributed by atoms with Crippen LogP contribution in [0, 0.1) is 0 Å². The van der Waals surface area contributed by atoms with E-state index in [9.17, 15) is 9.59 Å². The summed E-state index contributed by atoms with van der Waals surface area (Å²) in [5.41, 5.74) is 0.973. The van der Waals surface area contributed by atoms with Gasteiger partial charge in [0.05, 0.1) is 0 Å². The van der Waals surface area contributed by atoms with Crippen molar-refractivity contribution >= 4 is 27.9 Å². The van der Waals surface area contributed by atoms with Crippen LogP contribution in [0.25, 0.3) is 0 Å². The van der Waals surface area contributed by atoms with Crippen molar-refractivity contribution in [2.45, 2.75) is 6.54 Å². The normalized spacial score (nSPS) is 10.3. The third-order valence-electron chi connectivity index (χ3n) is 1.98. The van der Waals surface area contributed by atoms with Crippen LogP contribution < -0.4 is 10.6 Å². The number of halogens is 1. The molecule has 6 heteroatoms. The highest BCUT2D eigenvalue weighted by Gasteiger charge is 1.99. The van der Waals surface area contributed by atoms with Gasteiger partial charge in [-0.05, 0) is 17.7 Å². The van der Waals surface area contributed by atoms with E-state index >= 15 is 0 Å². The first-order chi connectivity index (χ1) is 8.58. The molecule has 0 aliphatic heterocycles. The lowest BCUT2D eigenvalue weighted by Crippen LogP contribution is -2.35. The standard InChI is InChI=1S/C12H13BrN2O3/c13-10-4-1-3-9(7-10)8-15-12(18)14-6-2-5-11(16)17/h1-5,7H,6,8H2,(H,16,17)(H2,14,15,18)/b5-2+. The summed E-state index contributed by atoms with van der Waals surface area (Å²) in [5.74, 6) is -1.04. The number of amides is 2. The van der Waals surface area contributed by atoms with E-state index in [0.717, 1.165) is 16.1 Å². The molecule has 0 saturated carbocycles. The van der Waals surface area contributed by atoms with Gasteiger partial charge in [-0.3, -0.25) is 0 Å². The fourth-order valence-corrected chi connectivity index (χ4v) is 1.65. The number of carboxylic acid groups (broad SMARTS) is 1. The Morgan fingerprint density at radius 3 is 2.78 bits per heavy atom. The smallest absolute Gasteiger partial charge is 0.328 e. The van der Waals surface area contributed by atoms with E-state index in [1.54, 1.807) is 0 Å². The van der Waals surface area contributed by atoms with Gasteiger partial charge in [0.15, 0.2) is 0 Å². The fourth-order valence-electron chi connectivity index (χ4n) is 1.20. The molecule has 0 bridgehead atoms. The second kappa shape index (κ2) is 7.50. The van der Waals surface area contributed by atoms with Gasteiger partial charge in [0.1, 0.15) is 0 Å². The topological polar surface area (TPSA) is 78.4 Å². The Morgan fingerprint density at radius 2 is 2.11 bits per heavy atom. The zero-order chi connectivity index (χ0) is 13.4. The van der Waals surface area contributed by atoms with E-state index in [1.807, 2.05) is 24.3 Å². The van der Waals surface area contributed by atoms with E-state index in [4.69, 9.17) is 5.11 Å². The van der Waals surface area contributed by atoms with Crippen molar-refractivity contribution in [3.05, 3.63) is 46.5 Å². The number of rotatable bonds is 5. The second-order valence-electron chi connectivity index (χ2n) is 3.43. The van der Waals surface area contributed by atoms with Gasteiger partial charge in [-0.15, -0.1) is 0 Å². The fraction of sp³-hybridized carbons (Fsp3) is 0.167. The molecule has 0 atom stereocenters. The van der Waals surface area contributed by atoms with Gasteiger partial charge in [0, 0.05) is 23.6 Å². The molecule has 3 N–H and O–H groups in total. The molecule has 96 valence electrons. The predicted octanol–water partition coefficient (Wildman–Crippen LogP) is 1.89. The Morgan fingerprint density at radius 1 is 1.33 bits per heavy atom. The van der Waals surface area contributed by atoms with Crippen LogP contribution in [-0.2, 0) is 11.3 Å². The van der Waals surface area contributed by atoms with Crippen LogP contribution in [0.2, 0.25) is 0 Å². The van der Waals surface area contributed by atoms with E-state index in [1.165, 1.54) is 6.08 Å². The van der Waals surface area contributed by atoms with E-state index in [0.29, 0.717) is 6.54 Å². The predicted molar refractivity (Wildman–Crippen MR) is 71.2 cm³/mol. The summed E-state index contributed by atoms with van der Waals surface area (Å²) in [6.45, 7) is 0.588. The lowest BCUT2D eigenvalue weighted by atomic mass is 10.2. The minimum atomic E-state index is -1.04. The van der Waals surface area contributed by atoms with Gasteiger partial charge in [0.2, 0.25) is 0 Å². The molecule has 1 aromatic carbocycles. The highest BCUT2D eigenvalue weighted by Crippen LogP contribution is 2.11. The maximum atomic E-state index is 11.3. The molecule has 1 rings (SSSR count). The number of nitrogens with one attached hydrogen (secondary N) is 2. The summed E-state index contributed by atoms with van der Waals surface area (Å²) in [4.78, 5) is 21.5. The van der Waals surface area contributed by atoms with Crippen LogP contribution in [0.3, 0.4) is 0 Å². The van der Waals surface area contributed by atoms with Crippen molar-refractivity contribution in [3.8, 4) is 0 Å². The molecule has 0 fully saturated rings.